The zero-order chi connectivity index (χ0) is 12.1. The summed E-state index contributed by atoms with van der Waals surface area (Å²) in [6.07, 6.45) is 3.95. The van der Waals surface area contributed by atoms with E-state index in [1.165, 1.54) is 25.8 Å². The number of hydrogen-bond donors (Lipinski definition) is 1. The molecular formula is C16H23N. The van der Waals surface area contributed by atoms with Gasteiger partial charge in [-0.15, -0.1) is 0 Å². The Morgan fingerprint density at radius 3 is 2.65 bits per heavy atom. The Hall–Kier alpha value is -0.820. The summed E-state index contributed by atoms with van der Waals surface area (Å²) >= 11 is 0. The predicted octanol–water partition coefficient (Wildman–Crippen LogP) is 3.04. The van der Waals surface area contributed by atoms with Crippen LogP contribution in [0.15, 0.2) is 24.3 Å². The van der Waals surface area contributed by atoms with Gasteiger partial charge in [0.1, 0.15) is 0 Å². The molecule has 1 fully saturated rings. The van der Waals surface area contributed by atoms with Gasteiger partial charge < -0.3 is 5.32 Å². The smallest absolute Gasteiger partial charge is 0.00126 e. The van der Waals surface area contributed by atoms with Crippen LogP contribution in [0, 0.1) is 16.7 Å². The highest BCUT2D eigenvalue weighted by Crippen LogP contribution is 2.73. The monoisotopic (exact) mass is 229 g/mol. The van der Waals surface area contributed by atoms with Crippen LogP contribution in [0.1, 0.15) is 31.4 Å². The first kappa shape index (κ1) is 11.3. The van der Waals surface area contributed by atoms with Crippen LogP contribution in [-0.2, 0) is 12.8 Å². The van der Waals surface area contributed by atoms with Gasteiger partial charge in [0.05, 0.1) is 0 Å². The van der Waals surface area contributed by atoms with E-state index in [-0.39, 0.29) is 0 Å². The van der Waals surface area contributed by atoms with Gasteiger partial charge in [-0.2, -0.15) is 0 Å². The van der Waals surface area contributed by atoms with Crippen molar-refractivity contribution in [2.75, 3.05) is 13.6 Å². The van der Waals surface area contributed by atoms with Crippen molar-refractivity contribution >= 4 is 0 Å². The van der Waals surface area contributed by atoms with E-state index in [2.05, 4.69) is 50.5 Å². The largest absolute Gasteiger partial charge is 0.319 e. The summed E-state index contributed by atoms with van der Waals surface area (Å²) in [6, 6.07) is 9.02. The van der Waals surface area contributed by atoms with Crippen LogP contribution in [0.3, 0.4) is 0 Å². The van der Waals surface area contributed by atoms with Crippen molar-refractivity contribution in [1.82, 2.24) is 5.32 Å². The van der Waals surface area contributed by atoms with Crippen LogP contribution >= 0.6 is 0 Å². The predicted molar refractivity (Wildman–Crippen MR) is 72.1 cm³/mol. The van der Waals surface area contributed by atoms with Crippen molar-refractivity contribution in [3.8, 4) is 0 Å². The first-order valence-corrected chi connectivity index (χ1v) is 6.83. The maximum Gasteiger partial charge on any atom is -0.00126 e. The third kappa shape index (κ3) is 1.41. The van der Waals surface area contributed by atoms with Gasteiger partial charge >= 0.3 is 0 Å². The summed E-state index contributed by atoms with van der Waals surface area (Å²) in [5.74, 6) is 0.855. The van der Waals surface area contributed by atoms with Crippen molar-refractivity contribution in [2.45, 2.75) is 33.1 Å². The molecule has 2 unspecified atom stereocenters. The molecule has 0 aliphatic heterocycles. The van der Waals surface area contributed by atoms with E-state index in [4.69, 9.17) is 0 Å². The fourth-order valence-electron chi connectivity index (χ4n) is 4.32. The highest BCUT2D eigenvalue weighted by Gasteiger charge is 2.69. The summed E-state index contributed by atoms with van der Waals surface area (Å²) in [5, 5.41) is 3.38. The molecule has 0 aromatic heterocycles. The van der Waals surface area contributed by atoms with Gasteiger partial charge in [0, 0.05) is 0 Å². The van der Waals surface area contributed by atoms with Crippen molar-refractivity contribution in [2.24, 2.45) is 16.7 Å². The number of hydrogen-bond acceptors (Lipinski definition) is 1. The Balaban J connectivity index is 1.89. The average molecular weight is 229 g/mol. The van der Waals surface area contributed by atoms with Crippen LogP contribution in [0.2, 0.25) is 0 Å². The van der Waals surface area contributed by atoms with Gasteiger partial charge in [-0.1, -0.05) is 38.1 Å². The molecule has 17 heavy (non-hydrogen) atoms. The lowest BCUT2D eigenvalue weighted by Gasteiger charge is -2.28. The Bertz CT molecular complexity index is 435. The Labute approximate surface area is 105 Å². The Morgan fingerprint density at radius 1 is 1.24 bits per heavy atom. The zero-order valence-corrected chi connectivity index (χ0v) is 11.2. The van der Waals surface area contributed by atoms with Crippen LogP contribution in [0.25, 0.3) is 0 Å². The van der Waals surface area contributed by atoms with Gasteiger partial charge in [-0.05, 0) is 60.7 Å². The fourth-order valence-corrected chi connectivity index (χ4v) is 4.32. The minimum atomic E-state index is 0.517. The maximum atomic E-state index is 3.38. The second-order valence-corrected chi connectivity index (χ2v) is 6.43. The molecule has 0 radical (unpaired) electrons. The summed E-state index contributed by atoms with van der Waals surface area (Å²) in [7, 11) is 2.08. The van der Waals surface area contributed by atoms with Gasteiger partial charge in [0.2, 0.25) is 0 Å². The highest BCUT2D eigenvalue weighted by molar-refractivity contribution is 5.36. The molecule has 1 aromatic rings. The van der Waals surface area contributed by atoms with Crippen molar-refractivity contribution in [3.63, 3.8) is 0 Å². The average Bonchev–Trinajstić information content (AvgIpc) is 2.76. The summed E-state index contributed by atoms with van der Waals surface area (Å²) in [4.78, 5) is 0. The first-order valence-electron chi connectivity index (χ1n) is 6.83. The number of rotatable bonds is 2. The minimum Gasteiger partial charge on any atom is -0.319 e. The molecule has 1 spiro atoms. The van der Waals surface area contributed by atoms with E-state index in [0.717, 1.165) is 5.92 Å². The highest BCUT2D eigenvalue weighted by atomic mass is 14.9. The van der Waals surface area contributed by atoms with Gasteiger partial charge in [-0.3, -0.25) is 0 Å². The first-order chi connectivity index (χ1) is 8.12. The van der Waals surface area contributed by atoms with E-state index in [1.807, 2.05) is 0 Å². The number of benzene rings is 1. The lowest BCUT2D eigenvalue weighted by atomic mass is 9.77. The molecule has 1 N–H and O–H groups in total. The van der Waals surface area contributed by atoms with Crippen molar-refractivity contribution in [1.29, 1.82) is 0 Å². The van der Waals surface area contributed by atoms with Gasteiger partial charge in [-0.25, -0.2) is 0 Å². The molecular weight excluding hydrogens is 206 g/mol. The van der Waals surface area contributed by atoms with Crippen LogP contribution in [0.4, 0.5) is 0 Å². The van der Waals surface area contributed by atoms with Gasteiger partial charge in [0.25, 0.3) is 0 Å². The standard InChI is InChI=1S/C16H23N/c1-15(2)14(11-17-3)16(15)9-8-12-6-4-5-7-13(12)10-16/h4-7,14,17H,8-11H2,1-3H3. The van der Waals surface area contributed by atoms with E-state index in [0.29, 0.717) is 10.8 Å². The van der Waals surface area contributed by atoms with E-state index in [1.54, 1.807) is 11.1 Å². The quantitative estimate of drug-likeness (QED) is 0.822. The van der Waals surface area contributed by atoms with E-state index < -0.39 is 0 Å². The van der Waals surface area contributed by atoms with E-state index in [9.17, 15) is 0 Å². The number of aryl methyl sites for hydroxylation is 1. The fraction of sp³-hybridized carbons (Fsp3) is 0.625. The lowest BCUT2D eigenvalue weighted by molar-refractivity contribution is 0.331. The van der Waals surface area contributed by atoms with Crippen molar-refractivity contribution < 1.29 is 0 Å². The topological polar surface area (TPSA) is 12.0 Å². The summed E-state index contributed by atoms with van der Waals surface area (Å²) in [6.45, 7) is 6.10. The Kier molecular flexibility index (Phi) is 2.38. The minimum absolute atomic E-state index is 0.517. The third-order valence-corrected chi connectivity index (χ3v) is 5.61. The molecule has 92 valence electrons. The third-order valence-electron chi connectivity index (χ3n) is 5.61. The molecule has 2 aliphatic rings. The summed E-state index contributed by atoms with van der Waals surface area (Å²) < 4.78 is 0. The van der Waals surface area contributed by atoms with Gasteiger partial charge in [0.15, 0.2) is 0 Å². The second-order valence-electron chi connectivity index (χ2n) is 6.43. The SMILES string of the molecule is CNCC1C(C)(C)C12CCc1ccccc1C2. The van der Waals surface area contributed by atoms with Crippen LogP contribution in [-0.4, -0.2) is 13.6 Å². The molecule has 1 heteroatoms. The lowest BCUT2D eigenvalue weighted by Crippen LogP contribution is -2.22. The molecule has 1 nitrogen and oxygen atoms in total. The molecule has 2 atom stereocenters. The van der Waals surface area contributed by atoms with Crippen LogP contribution in [0.5, 0.6) is 0 Å². The normalized spacial score (nSPS) is 33.5. The number of fused-ring (bicyclic) bond motifs is 1. The maximum absolute atomic E-state index is 3.38. The van der Waals surface area contributed by atoms with Crippen LogP contribution < -0.4 is 5.32 Å². The molecule has 0 saturated heterocycles. The number of nitrogens with one attached hydrogen (secondary N) is 1. The van der Waals surface area contributed by atoms with E-state index >= 15 is 0 Å². The molecule has 0 amide bonds. The van der Waals surface area contributed by atoms with Crippen molar-refractivity contribution in [3.05, 3.63) is 35.4 Å². The molecule has 2 aliphatic carbocycles. The second kappa shape index (κ2) is 3.58. The zero-order valence-electron chi connectivity index (χ0n) is 11.2. The molecule has 3 rings (SSSR count). The molecule has 0 bridgehead atoms. The Morgan fingerprint density at radius 2 is 1.94 bits per heavy atom. The molecule has 1 aromatic carbocycles. The summed E-state index contributed by atoms with van der Waals surface area (Å²) in [5.41, 5.74) is 4.28. The molecule has 1 saturated carbocycles. The molecule has 0 heterocycles.